The summed E-state index contributed by atoms with van der Waals surface area (Å²) in [6.45, 7) is 0.457. The predicted molar refractivity (Wildman–Crippen MR) is 98.0 cm³/mol. The van der Waals surface area contributed by atoms with Gasteiger partial charge in [-0.3, -0.25) is 9.78 Å². The lowest BCUT2D eigenvalue weighted by Crippen LogP contribution is -2.15. The van der Waals surface area contributed by atoms with Crippen LogP contribution in [0.5, 0.6) is 0 Å². The fourth-order valence-electron chi connectivity index (χ4n) is 2.01. The van der Waals surface area contributed by atoms with E-state index >= 15 is 0 Å². The highest BCUT2D eigenvalue weighted by Crippen LogP contribution is 2.25. The van der Waals surface area contributed by atoms with E-state index in [1.54, 1.807) is 24.4 Å². The zero-order chi connectivity index (χ0) is 17.6. The van der Waals surface area contributed by atoms with Gasteiger partial charge in [0.25, 0.3) is 5.91 Å². The first kappa shape index (κ1) is 17.1. The van der Waals surface area contributed by atoms with Crippen LogP contribution in [0.25, 0.3) is 0 Å². The average Bonchev–Trinajstić information content (AvgIpc) is 2.64. The molecule has 2 N–H and O–H groups in total. The SMILES string of the molecule is O=C(Nc1ccc(Cl)c(Cl)c1)c1ccnc(NCc2ccccn2)n1. The maximum atomic E-state index is 12.3. The number of halogens is 2. The summed E-state index contributed by atoms with van der Waals surface area (Å²) in [7, 11) is 0. The number of carbonyl (C=O) groups excluding carboxylic acids is 1. The molecule has 0 saturated heterocycles. The molecule has 1 amide bonds. The maximum Gasteiger partial charge on any atom is 0.274 e. The Labute approximate surface area is 154 Å². The van der Waals surface area contributed by atoms with Gasteiger partial charge in [0.15, 0.2) is 0 Å². The molecule has 0 radical (unpaired) electrons. The van der Waals surface area contributed by atoms with Crippen molar-refractivity contribution in [2.45, 2.75) is 6.54 Å². The van der Waals surface area contributed by atoms with Gasteiger partial charge in [0.05, 0.1) is 22.3 Å². The Bertz CT molecular complexity index is 889. The zero-order valence-electron chi connectivity index (χ0n) is 12.9. The molecule has 0 bridgehead atoms. The molecule has 0 spiro atoms. The first-order chi connectivity index (χ1) is 12.1. The third kappa shape index (κ3) is 4.65. The van der Waals surface area contributed by atoms with E-state index < -0.39 is 0 Å². The van der Waals surface area contributed by atoms with E-state index in [0.29, 0.717) is 28.2 Å². The van der Waals surface area contributed by atoms with Gasteiger partial charge in [0, 0.05) is 18.1 Å². The summed E-state index contributed by atoms with van der Waals surface area (Å²) in [5.74, 6) is -0.0332. The third-order valence-corrected chi connectivity index (χ3v) is 3.96. The monoisotopic (exact) mass is 373 g/mol. The summed E-state index contributed by atoms with van der Waals surface area (Å²) in [6.07, 6.45) is 3.22. The quantitative estimate of drug-likeness (QED) is 0.705. The predicted octanol–water partition coefficient (Wildman–Crippen LogP) is 4.04. The second-order valence-electron chi connectivity index (χ2n) is 5.02. The molecule has 25 heavy (non-hydrogen) atoms. The van der Waals surface area contributed by atoms with Crippen molar-refractivity contribution in [3.63, 3.8) is 0 Å². The van der Waals surface area contributed by atoms with E-state index in [4.69, 9.17) is 23.2 Å². The van der Waals surface area contributed by atoms with E-state index in [0.717, 1.165) is 5.69 Å². The highest BCUT2D eigenvalue weighted by atomic mass is 35.5. The Morgan fingerprint density at radius 3 is 2.64 bits per heavy atom. The van der Waals surface area contributed by atoms with Crippen molar-refractivity contribution in [1.82, 2.24) is 15.0 Å². The third-order valence-electron chi connectivity index (χ3n) is 3.22. The van der Waals surface area contributed by atoms with Crippen LogP contribution in [0, 0.1) is 0 Å². The summed E-state index contributed by atoms with van der Waals surface area (Å²) in [5, 5.41) is 6.53. The molecule has 0 aliphatic carbocycles. The lowest BCUT2D eigenvalue weighted by molar-refractivity contribution is 0.102. The summed E-state index contributed by atoms with van der Waals surface area (Å²) in [5.41, 5.74) is 1.60. The number of hydrogen-bond acceptors (Lipinski definition) is 5. The van der Waals surface area contributed by atoms with E-state index in [-0.39, 0.29) is 11.6 Å². The van der Waals surface area contributed by atoms with Crippen molar-refractivity contribution >= 4 is 40.7 Å². The van der Waals surface area contributed by atoms with Crippen LogP contribution in [0.2, 0.25) is 10.0 Å². The topological polar surface area (TPSA) is 79.8 Å². The zero-order valence-corrected chi connectivity index (χ0v) is 14.4. The first-order valence-corrected chi connectivity index (χ1v) is 8.10. The van der Waals surface area contributed by atoms with Gasteiger partial charge in [-0.15, -0.1) is 0 Å². The number of amides is 1. The average molecular weight is 374 g/mol. The Morgan fingerprint density at radius 1 is 1.00 bits per heavy atom. The molecule has 0 fully saturated rings. The minimum atomic E-state index is -0.373. The van der Waals surface area contributed by atoms with Crippen LogP contribution in [-0.2, 0) is 6.54 Å². The van der Waals surface area contributed by atoms with E-state index in [1.165, 1.54) is 12.3 Å². The summed E-state index contributed by atoms with van der Waals surface area (Å²) >= 11 is 11.8. The summed E-state index contributed by atoms with van der Waals surface area (Å²) < 4.78 is 0. The van der Waals surface area contributed by atoms with Gasteiger partial charge in [0.2, 0.25) is 5.95 Å². The van der Waals surface area contributed by atoms with Crippen LogP contribution >= 0.6 is 23.2 Å². The lowest BCUT2D eigenvalue weighted by Gasteiger charge is -2.08. The number of hydrogen-bond donors (Lipinski definition) is 2. The van der Waals surface area contributed by atoms with E-state index in [2.05, 4.69) is 25.6 Å². The Balaban J connectivity index is 1.67. The van der Waals surface area contributed by atoms with Crippen LogP contribution in [0.1, 0.15) is 16.2 Å². The van der Waals surface area contributed by atoms with Crippen LogP contribution in [0.3, 0.4) is 0 Å². The van der Waals surface area contributed by atoms with E-state index in [9.17, 15) is 4.79 Å². The Kier molecular flexibility index (Phi) is 5.42. The number of rotatable bonds is 5. The molecule has 1 aromatic carbocycles. The Hall–Kier alpha value is -2.70. The highest BCUT2D eigenvalue weighted by Gasteiger charge is 2.10. The fourth-order valence-corrected chi connectivity index (χ4v) is 2.31. The van der Waals surface area contributed by atoms with Crippen molar-refractivity contribution in [2.24, 2.45) is 0 Å². The van der Waals surface area contributed by atoms with Gasteiger partial charge in [-0.25, -0.2) is 9.97 Å². The van der Waals surface area contributed by atoms with Crippen LogP contribution in [0.15, 0.2) is 54.9 Å². The molecule has 0 saturated carbocycles. The fraction of sp³-hybridized carbons (Fsp3) is 0.0588. The molecule has 6 nitrogen and oxygen atoms in total. The number of pyridine rings is 1. The van der Waals surface area contributed by atoms with Gasteiger partial charge in [-0.2, -0.15) is 0 Å². The minimum Gasteiger partial charge on any atom is -0.349 e. The molecule has 3 rings (SSSR count). The number of benzene rings is 1. The van der Waals surface area contributed by atoms with Crippen molar-refractivity contribution in [1.29, 1.82) is 0 Å². The lowest BCUT2D eigenvalue weighted by atomic mass is 10.3. The summed E-state index contributed by atoms with van der Waals surface area (Å²) in [4.78, 5) is 24.8. The molecular weight excluding hydrogens is 361 g/mol. The second-order valence-corrected chi connectivity index (χ2v) is 5.84. The largest absolute Gasteiger partial charge is 0.349 e. The van der Waals surface area contributed by atoms with Crippen molar-refractivity contribution in [3.05, 3.63) is 76.3 Å². The number of aromatic nitrogens is 3. The second kappa shape index (κ2) is 7.92. The first-order valence-electron chi connectivity index (χ1n) is 7.35. The normalized spacial score (nSPS) is 10.3. The minimum absolute atomic E-state index is 0.226. The molecule has 2 heterocycles. The van der Waals surface area contributed by atoms with Crippen LogP contribution in [0.4, 0.5) is 11.6 Å². The molecule has 0 aliphatic heterocycles. The van der Waals surface area contributed by atoms with Crippen molar-refractivity contribution in [2.75, 3.05) is 10.6 Å². The number of nitrogens with zero attached hydrogens (tertiary/aromatic N) is 3. The standard InChI is InChI=1S/C17H13Cl2N5O/c18-13-5-4-11(9-14(13)19)23-16(25)15-6-8-21-17(24-15)22-10-12-3-1-2-7-20-12/h1-9H,10H2,(H,23,25)(H,21,22,24). The van der Waals surface area contributed by atoms with Gasteiger partial charge >= 0.3 is 0 Å². The van der Waals surface area contributed by atoms with Crippen LogP contribution in [-0.4, -0.2) is 20.9 Å². The molecule has 3 aromatic rings. The number of carbonyl (C=O) groups is 1. The van der Waals surface area contributed by atoms with Crippen molar-refractivity contribution in [3.8, 4) is 0 Å². The van der Waals surface area contributed by atoms with Crippen molar-refractivity contribution < 1.29 is 4.79 Å². The number of nitrogens with one attached hydrogen (secondary N) is 2. The van der Waals surface area contributed by atoms with E-state index in [1.807, 2.05) is 18.2 Å². The molecule has 0 atom stereocenters. The molecule has 2 aromatic heterocycles. The van der Waals surface area contributed by atoms with Gasteiger partial charge in [0.1, 0.15) is 5.69 Å². The van der Waals surface area contributed by atoms with Gasteiger partial charge < -0.3 is 10.6 Å². The molecule has 0 unspecified atom stereocenters. The Morgan fingerprint density at radius 2 is 1.88 bits per heavy atom. The molecule has 0 aliphatic rings. The maximum absolute atomic E-state index is 12.3. The summed E-state index contributed by atoms with van der Waals surface area (Å²) in [6, 6.07) is 12.0. The molecular formula is C17H13Cl2N5O. The van der Waals surface area contributed by atoms with Gasteiger partial charge in [-0.05, 0) is 36.4 Å². The van der Waals surface area contributed by atoms with Crippen LogP contribution < -0.4 is 10.6 Å². The number of anilines is 2. The highest BCUT2D eigenvalue weighted by molar-refractivity contribution is 6.42. The smallest absolute Gasteiger partial charge is 0.274 e. The molecule has 8 heteroatoms. The molecule has 126 valence electrons. The van der Waals surface area contributed by atoms with Gasteiger partial charge in [-0.1, -0.05) is 29.3 Å².